The molecule has 0 saturated carbocycles. The van der Waals surface area contributed by atoms with Gasteiger partial charge < -0.3 is 10.4 Å². The van der Waals surface area contributed by atoms with Gasteiger partial charge in [-0.05, 0) is 12.7 Å². The number of hydrogen-bond donors (Lipinski definition) is 2. The Morgan fingerprint density at radius 1 is 1.47 bits per heavy atom. The number of aromatic nitrogens is 2. The Morgan fingerprint density at radius 3 is 2.68 bits per heavy atom. The lowest BCUT2D eigenvalue weighted by Crippen LogP contribution is -2.14. The monoisotopic (exact) mass is 283 g/mol. The molecule has 6 heteroatoms. The highest BCUT2D eigenvalue weighted by Crippen LogP contribution is 2.17. The van der Waals surface area contributed by atoms with E-state index in [0.29, 0.717) is 23.3 Å². The van der Waals surface area contributed by atoms with Gasteiger partial charge in [0.05, 0.1) is 11.9 Å². The zero-order valence-electron chi connectivity index (χ0n) is 11.8. The molecule has 0 spiro atoms. The second kappa shape index (κ2) is 7.33. The molecule has 106 valence electrons. The van der Waals surface area contributed by atoms with Crippen molar-refractivity contribution < 1.29 is 9.90 Å². The van der Waals surface area contributed by atoms with Crippen LogP contribution in [0.3, 0.4) is 0 Å². The number of thioether (sulfide) groups is 1. The molecule has 0 aromatic carbocycles. The normalized spacial score (nSPS) is 12.5. The third-order valence-electron chi connectivity index (χ3n) is 2.80. The van der Waals surface area contributed by atoms with Crippen molar-refractivity contribution in [1.29, 1.82) is 0 Å². The summed E-state index contributed by atoms with van der Waals surface area (Å²) in [6, 6.07) is 0. The first-order valence-corrected chi connectivity index (χ1v) is 7.61. The topological polar surface area (TPSA) is 75.1 Å². The Labute approximate surface area is 118 Å². The molecular weight excluding hydrogens is 262 g/mol. The molecule has 1 rings (SSSR count). The number of carbonyl (C=O) groups is 1. The molecule has 0 aliphatic rings. The molecule has 0 saturated heterocycles. The van der Waals surface area contributed by atoms with E-state index in [1.165, 1.54) is 0 Å². The molecule has 0 bridgehead atoms. The molecule has 0 amide bonds. The Balaban J connectivity index is 2.79. The summed E-state index contributed by atoms with van der Waals surface area (Å²) in [5.41, 5.74) is 0.542. The Hall–Kier alpha value is -1.30. The first-order chi connectivity index (χ1) is 8.95. The van der Waals surface area contributed by atoms with E-state index in [1.54, 1.807) is 18.0 Å². The summed E-state index contributed by atoms with van der Waals surface area (Å²) in [5.74, 6) is -0.353. The molecule has 2 N–H and O–H groups in total. The number of anilines is 1. The van der Waals surface area contributed by atoms with E-state index in [9.17, 15) is 9.90 Å². The van der Waals surface area contributed by atoms with Crippen LogP contribution in [-0.2, 0) is 0 Å². The van der Waals surface area contributed by atoms with Gasteiger partial charge in [0.15, 0.2) is 5.69 Å². The highest BCUT2D eigenvalue weighted by atomic mass is 32.2. The van der Waals surface area contributed by atoms with E-state index in [4.69, 9.17) is 0 Å². The van der Waals surface area contributed by atoms with E-state index in [1.807, 2.05) is 13.8 Å². The second-order valence-corrected chi connectivity index (χ2v) is 5.99. The average molecular weight is 283 g/mol. The van der Waals surface area contributed by atoms with Gasteiger partial charge in [-0.25, -0.2) is 14.8 Å². The van der Waals surface area contributed by atoms with Crippen LogP contribution in [0.15, 0.2) is 6.20 Å². The van der Waals surface area contributed by atoms with Crippen molar-refractivity contribution >= 4 is 23.4 Å². The molecule has 0 radical (unpaired) electrons. The van der Waals surface area contributed by atoms with Gasteiger partial charge in [-0.2, -0.15) is 11.8 Å². The van der Waals surface area contributed by atoms with Crippen molar-refractivity contribution in [1.82, 2.24) is 9.97 Å². The maximum Gasteiger partial charge on any atom is 0.356 e. The SMILES string of the molecule is CSC(C)CCNc1cnc(C(C)C)nc1C(=O)O. The van der Waals surface area contributed by atoms with Crippen molar-refractivity contribution in [3.63, 3.8) is 0 Å². The molecule has 0 aliphatic carbocycles. The fraction of sp³-hybridized carbons (Fsp3) is 0.615. The molecule has 1 atom stereocenters. The number of nitrogens with one attached hydrogen (secondary N) is 1. The first kappa shape index (κ1) is 15.8. The van der Waals surface area contributed by atoms with Gasteiger partial charge in [0, 0.05) is 17.7 Å². The lowest BCUT2D eigenvalue weighted by Gasteiger charge is -2.12. The smallest absolute Gasteiger partial charge is 0.356 e. The number of nitrogens with zero attached hydrogens (tertiary/aromatic N) is 2. The highest BCUT2D eigenvalue weighted by molar-refractivity contribution is 7.99. The van der Waals surface area contributed by atoms with Crippen molar-refractivity contribution in [2.45, 2.75) is 38.4 Å². The van der Waals surface area contributed by atoms with Crippen LogP contribution >= 0.6 is 11.8 Å². The summed E-state index contributed by atoms with van der Waals surface area (Å²) in [5, 5.41) is 12.8. The van der Waals surface area contributed by atoms with E-state index in [0.717, 1.165) is 6.42 Å². The van der Waals surface area contributed by atoms with Crippen molar-refractivity contribution in [2.75, 3.05) is 18.1 Å². The van der Waals surface area contributed by atoms with Gasteiger partial charge in [-0.1, -0.05) is 20.8 Å². The molecule has 1 aromatic rings. The maximum atomic E-state index is 11.2. The molecule has 5 nitrogen and oxygen atoms in total. The summed E-state index contributed by atoms with van der Waals surface area (Å²) in [4.78, 5) is 19.5. The van der Waals surface area contributed by atoms with Gasteiger partial charge in [0.25, 0.3) is 0 Å². The molecule has 0 fully saturated rings. The van der Waals surface area contributed by atoms with Crippen molar-refractivity contribution in [3.05, 3.63) is 17.7 Å². The summed E-state index contributed by atoms with van der Waals surface area (Å²) in [6.45, 7) is 6.73. The van der Waals surface area contributed by atoms with Crippen LogP contribution in [0.2, 0.25) is 0 Å². The molecule has 1 aromatic heterocycles. The number of hydrogen-bond acceptors (Lipinski definition) is 5. The Kier molecular flexibility index (Phi) is 6.08. The molecule has 19 heavy (non-hydrogen) atoms. The fourth-order valence-electron chi connectivity index (χ4n) is 1.49. The van der Waals surface area contributed by atoms with Gasteiger partial charge in [0.1, 0.15) is 5.82 Å². The minimum Gasteiger partial charge on any atom is -0.476 e. The van der Waals surface area contributed by atoms with Crippen LogP contribution in [0.4, 0.5) is 5.69 Å². The fourth-order valence-corrected chi connectivity index (χ4v) is 1.85. The average Bonchev–Trinajstić information content (AvgIpc) is 2.38. The zero-order chi connectivity index (χ0) is 14.4. The number of aromatic carboxylic acids is 1. The van der Waals surface area contributed by atoms with Crippen molar-refractivity contribution in [3.8, 4) is 0 Å². The zero-order valence-corrected chi connectivity index (χ0v) is 12.6. The van der Waals surface area contributed by atoms with E-state index in [2.05, 4.69) is 28.5 Å². The molecule has 0 aliphatic heterocycles. The third-order valence-corrected chi connectivity index (χ3v) is 3.84. The Morgan fingerprint density at radius 2 is 2.16 bits per heavy atom. The number of carboxylic acid groups (broad SMARTS) is 1. The Bertz CT molecular complexity index is 438. The van der Waals surface area contributed by atoms with Crippen LogP contribution in [0.5, 0.6) is 0 Å². The minimum absolute atomic E-state index is 0.0514. The van der Waals surface area contributed by atoms with Crippen LogP contribution in [0.25, 0.3) is 0 Å². The molecule has 1 heterocycles. The van der Waals surface area contributed by atoms with Crippen LogP contribution in [0, 0.1) is 0 Å². The summed E-state index contributed by atoms with van der Waals surface area (Å²) in [6.07, 6.45) is 4.59. The van der Waals surface area contributed by atoms with Gasteiger partial charge >= 0.3 is 5.97 Å². The quantitative estimate of drug-likeness (QED) is 0.801. The van der Waals surface area contributed by atoms with Crippen LogP contribution in [0.1, 0.15) is 49.4 Å². The summed E-state index contributed by atoms with van der Waals surface area (Å²) >= 11 is 1.79. The standard InChI is InChI=1S/C13H21N3O2S/c1-8(2)12-15-7-10(11(16-12)13(17)18)14-6-5-9(3)19-4/h7-9,14H,5-6H2,1-4H3,(H,17,18). The van der Waals surface area contributed by atoms with Crippen LogP contribution < -0.4 is 5.32 Å². The van der Waals surface area contributed by atoms with E-state index in [-0.39, 0.29) is 11.6 Å². The lowest BCUT2D eigenvalue weighted by atomic mass is 10.2. The summed E-state index contributed by atoms with van der Waals surface area (Å²) in [7, 11) is 0. The van der Waals surface area contributed by atoms with E-state index < -0.39 is 5.97 Å². The van der Waals surface area contributed by atoms with Gasteiger partial charge in [-0.3, -0.25) is 0 Å². The highest BCUT2D eigenvalue weighted by Gasteiger charge is 2.15. The third kappa shape index (κ3) is 4.70. The predicted octanol–water partition coefficient (Wildman–Crippen LogP) is 2.85. The van der Waals surface area contributed by atoms with Crippen molar-refractivity contribution in [2.24, 2.45) is 0 Å². The molecule has 1 unspecified atom stereocenters. The molecular formula is C13H21N3O2S. The van der Waals surface area contributed by atoms with E-state index >= 15 is 0 Å². The number of rotatable bonds is 7. The number of carboxylic acids is 1. The lowest BCUT2D eigenvalue weighted by molar-refractivity contribution is 0.0691. The maximum absolute atomic E-state index is 11.2. The summed E-state index contributed by atoms with van der Waals surface area (Å²) < 4.78 is 0. The van der Waals surface area contributed by atoms with Gasteiger partial charge in [0.2, 0.25) is 0 Å². The first-order valence-electron chi connectivity index (χ1n) is 6.32. The van der Waals surface area contributed by atoms with Gasteiger partial charge in [-0.15, -0.1) is 0 Å². The second-order valence-electron chi connectivity index (χ2n) is 4.71. The predicted molar refractivity (Wildman–Crippen MR) is 79.2 cm³/mol. The minimum atomic E-state index is -1.02. The van der Waals surface area contributed by atoms with Crippen LogP contribution in [-0.4, -0.2) is 39.1 Å². The largest absolute Gasteiger partial charge is 0.476 e.